The number of fused-ring (bicyclic) bond motifs is 1. The molecule has 2 heterocycles. The molecule has 1 unspecified atom stereocenters. The average molecular weight is 303 g/mol. The van der Waals surface area contributed by atoms with Gasteiger partial charge in [-0.05, 0) is 38.5 Å². The molecule has 0 radical (unpaired) electrons. The van der Waals surface area contributed by atoms with Crippen LogP contribution in [0, 0.1) is 20.8 Å². The zero-order valence-electron chi connectivity index (χ0n) is 13.2. The first-order valence-electron chi connectivity index (χ1n) is 7.56. The van der Waals surface area contributed by atoms with Crippen LogP contribution in [-0.2, 0) is 4.74 Å². The first-order chi connectivity index (χ1) is 10.6. The van der Waals surface area contributed by atoms with Gasteiger partial charge in [-0.15, -0.1) is 0 Å². The Kier molecular flexibility index (Phi) is 4.18. The SMILES string of the molecule is Cc1c(C)c2ccc(OCC3CNCCO3)c(C)c2oc1=O. The molecule has 1 N–H and O–H groups in total. The fourth-order valence-corrected chi connectivity index (χ4v) is 2.69. The summed E-state index contributed by atoms with van der Waals surface area (Å²) in [4.78, 5) is 11.9. The molecule has 0 saturated carbocycles. The summed E-state index contributed by atoms with van der Waals surface area (Å²) in [7, 11) is 0. The highest BCUT2D eigenvalue weighted by molar-refractivity contribution is 5.85. The van der Waals surface area contributed by atoms with Gasteiger partial charge in [0.1, 0.15) is 24.0 Å². The van der Waals surface area contributed by atoms with E-state index in [2.05, 4.69) is 5.32 Å². The van der Waals surface area contributed by atoms with Crippen molar-refractivity contribution >= 4 is 11.0 Å². The van der Waals surface area contributed by atoms with Gasteiger partial charge in [-0.1, -0.05) is 0 Å². The van der Waals surface area contributed by atoms with E-state index in [1.165, 1.54) is 0 Å². The maximum atomic E-state index is 11.9. The Balaban J connectivity index is 1.89. The van der Waals surface area contributed by atoms with Crippen LogP contribution in [0.15, 0.2) is 21.3 Å². The van der Waals surface area contributed by atoms with Crippen LogP contribution >= 0.6 is 0 Å². The van der Waals surface area contributed by atoms with Crippen LogP contribution in [-0.4, -0.2) is 32.4 Å². The van der Waals surface area contributed by atoms with Crippen molar-refractivity contribution in [3.8, 4) is 5.75 Å². The smallest absolute Gasteiger partial charge is 0.339 e. The molecule has 1 fully saturated rings. The van der Waals surface area contributed by atoms with E-state index in [1.54, 1.807) is 6.92 Å². The highest BCUT2D eigenvalue weighted by atomic mass is 16.5. The predicted octanol–water partition coefficient (Wildman–Crippen LogP) is 2.09. The first kappa shape index (κ1) is 15.1. The minimum Gasteiger partial charge on any atom is -0.490 e. The number of benzene rings is 1. The van der Waals surface area contributed by atoms with Gasteiger partial charge in [0.2, 0.25) is 0 Å². The van der Waals surface area contributed by atoms with Gasteiger partial charge in [-0.2, -0.15) is 0 Å². The summed E-state index contributed by atoms with van der Waals surface area (Å²) in [5.41, 5.74) is 2.78. The number of aryl methyl sites for hydroxylation is 2. The zero-order chi connectivity index (χ0) is 15.7. The summed E-state index contributed by atoms with van der Waals surface area (Å²) in [6.45, 7) is 8.50. The quantitative estimate of drug-likeness (QED) is 0.880. The molecule has 1 aromatic heterocycles. The van der Waals surface area contributed by atoms with E-state index in [0.29, 0.717) is 24.4 Å². The summed E-state index contributed by atoms with van der Waals surface area (Å²) in [6.07, 6.45) is 0.0515. The number of rotatable bonds is 3. The van der Waals surface area contributed by atoms with Crippen LogP contribution in [0.25, 0.3) is 11.0 Å². The molecule has 1 aliphatic heterocycles. The third-order valence-electron chi connectivity index (χ3n) is 4.25. The normalized spacial score (nSPS) is 18.6. The topological polar surface area (TPSA) is 60.7 Å². The van der Waals surface area contributed by atoms with Gasteiger partial charge in [0, 0.05) is 29.6 Å². The number of nitrogens with one attached hydrogen (secondary N) is 1. The maximum Gasteiger partial charge on any atom is 0.339 e. The van der Waals surface area contributed by atoms with Crippen LogP contribution in [0.4, 0.5) is 0 Å². The minimum absolute atomic E-state index is 0.0515. The summed E-state index contributed by atoms with van der Waals surface area (Å²) >= 11 is 0. The highest BCUT2D eigenvalue weighted by Gasteiger charge is 2.16. The summed E-state index contributed by atoms with van der Waals surface area (Å²) < 4.78 is 16.9. The summed E-state index contributed by atoms with van der Waals surface area (Å²) in [5, 5.41) is 4.23. The fraction of sp³-hybridized carbons (Fsp3) is 0.471. The van der Waals surface area contributed by atoms with Crippen molar-refractivity contribution in [2.24, 2.45) is 0 Å². The Labute approximate surface area is 129 Å². The predicted molar refractivity (Wildman–Crippen MR) is 84.8 cm³/mol. The van der Waals surface area contributed by atoms with Gasteiger partial charge in [-0.3, -0.25) is 0 Å². The zero-order valence-corrected chi connectivity index (χ0v) is 13.2. The van der Waals surface area contributed by atoms with Gasteiger partial charge in [-0.25, -0.2) is 4.79 Å². The third-order valence-corrected chi connectivity index (χ3v) is 4.25. The van der Waals surface area contributed by atoms with E-state index in [4.69, 9.17) is 13.9 Å². The van der Waals surface area contributed by atoms with Crippen molar-refractivity contribution in [2.75, 3.05) is 26.3 Å². The molecular weight excluding hydrogens is 282 g/mol. The molecule has 0 aliphatic carbocycles. The lowest BCUT2D eigenvalue weighted by Crippen LogP contribution is -2.41. The monoisotopic (exact) mass is 303 g/mol. The van der Waals surface area contributed by atoms with Crippen molar-refractivity contribution < 1.29 is 13.9 Å². The number of ether oxygens (including phenoxy) is 2. The molecule has 1 aromatic carbocycles. The molecule has 3 rings (SSSR count). The van der Waals surface area contributed by atoms with Crippen LogP contribution in [0.5, 0.6) is 5.75 Å². The Hall–Kier alpha value is -1.85. The third kappa shape index (κ3) is 2.74. The van der Waals surface area contributed by atoms with Gasteiger partial charge in [0.25, 0.3) is 0 Å². The molecule has 5 nitrogen and oxygen atoms in total. The average Bonchev–Trinajstić information content (AvgIpc) is 2.54. The Morgan fingerprint density at radius 1 is 1.23 bits per heavy atom. The van der Waals surface area contributed by atoms with E-state index >= 15 is 0 Å². The number of hydrogen-bond donors (Lipinski definition) is 1. The number of morpholine rings is 1. The molecule has 118 valence electrons. The Bertz CT molecular complexity index is 744. The molecular formula is C17H21NO4. The molecule has 0 bridgehead atoms. The van der Waals surface area contributed by atoms with Crippen molar-refractivity contribution in [1.82, 2.24) is 5.32 Å². The van der Waals surface area contributed by atoms with E-state index in [0.717, 1.165) is 35.4 Å². The maximum absolute atomic E-state index is 11.9. The fourth-order valence-electron chi connectivity index (χ4n) is 2.69. The summed E-state index contributed by atoms with van der Waals surface area (Å²) in [5.74, 6) is 0.730. The molecule has 0 spiro atoms. The van der Waals surface area contributed by atoms with Gasteiger partial charge in [0.15, 0.2) is 0 Å². The van der Waals surface area contributed by atoms with E-state index in [-0.39, 0.29) is 11.7 Å². The van der Waals surface area contributed by atoms with E-state index in [1.807, 2.05) is 26.0 Å². The number of hydrogen-bond acceptors (Lipinski definition) is 5. The van der Waals surface area contributed by atoms with Crippen molar-refractivity contribution in [1.29, 1.82) is 0 Å². The molecule has 22 heavy (non-hydrogen) atoms. The second-order valence-electron chi connectivity index (χ2n) is 5.71. The first-order valence-corrected chi connectivity index (χ1v) is 7.56. The van der Waals surface area contributed by atoms with Crippen LogP contribution < -0.4 is 15.7 Å². The minimum atomic E-state index is -0.287. The second-order valence-corrected chi connectivity index (χ2v) is 5.71. The molecule has 1 saturated heterocycles. The van der Waals surface area contributed by atoms with Crippen molar-refractivity contribution in [3.05, 3.63) is 39.2 Å². The summed E-state index contributed by atoms with van der Waals surface area (Å²) in [6, 6.07) is 3.88. The molecule has 0 amide bonds. The van der Waals surface area contributed by atoms with Gasteiger partial charge < -0.3 is 19.2 Å². The van der Waals surface area contributed by atoms with Crippen molar-refractivity contribution in [2.45, 2.75) is 26.9 Å². The second kappa shape index (κ2) is 6.10. The lowest BCUT2D eigenvalue weighted by molar-refractivity contribution is 0.0000792. The molecule has 1 aliphatic rings. The van der Waals surface area contributed by atoms with Crippen LogP contribution in [0.1, 0.15) is 16.7 Å². The highest BCUT2D eigenvalue weighted by Crippen LogP contribution is 2.29. The van der Waals surface area contributed by atoms with Crippen LogP contribution in [0.2, 0.25) is 0 Å². The van der Waals surface area contributed by atoms with Gasteiger partial charge >= 0.3 is 5.63 Å². The molecule has 5 heteroatoms. The molecule has 1 atom stereocenters. The lowest BCUT2D eigenvalue weighted by Gasteiger charge is -2.24. The van der Waals surface area contributed by atoms with Crippen LogP contribution in [0.3, 0.4) is 0 Å². The van der Waals surface area contributed by atoms with E-state index in [9.17, 15) is 4.79 Å². The largest absolute Gasteiger partial charge is 0.490 e. The van der Waals surface area contributed by atoms with Crippen molar-refractivity contribution in [3.63, 3.8) is 0 Å². The van der Waals surface area contributed by atoms with E-state index < -0.39 is 0 Å². The Morgan fingerprint density at radius 2 is 2.05 bits per heavy atom. The lowest BCUT2D eigenvalue weighted by atomic mass is 10.0. The standard InChI is InChI=1S/C17H21NO4/c1-10-11(2)17(19)22-16-12(3)15(5-4-14(10)16)21-9-13-8-18-6-7-20-13/h4-5,13,18H,6-9H2,1-3H3. The molecule has 2 aromatic rings. The van der Waals surface area contributed by atoms with Gasteiger partial charge in [0.05, 0.1) is 6.61 Å². The Morgan fingerprint density at radius 3 is 2.77 bits per heavy atom.